The minimum absolute atomic E-state index is 0.0323. The molecule has 0 aliphatic heterocycles. The Morgan fingerprint density at radius 3 is 2.19 bits per heavy atom. The zero-order valence-corrected chi connectivity index (χ0v) is 19.7. The molecule has 1 amide bonds. The summed E-state index contributed by atoms with van der Waals surface area (Å²) < 4.78 is 5.16. The van der Waals surface area contributed by atoms with Crippen LogP contribution in [0, 0.1) is 0 Å². The van der Waals surface area contributed by atoms with Crippen LogP contribution in [0.1, 0.15) is 22.9 Å². The van der Waals surface area contributed by atoms with E-state index in [4.69, 9.17) is 10.5 Å². The summed E-state index contributed by atoms with van der Waals surface area (Å²) in [6.45, 7) is -0.737. The molecule has 0 aliphatic carbocycles. The molecule has 0 radical (unpaired) electrons. The second-order valence-corrected chi connectivity index (χ2v) is 8.84. The van der Waals surface area contributed by atoms with Crippen molar-refractivity contribution in [2.24, 2.45) is 0 Å². The molecule has 1 aromatic heterocycles. The summed E-state index contributed by atoms with van der Waals surface area (Å²) in [6, 6.07) is 13.2. The topological polar surface area (TPSA) is 231 Å². The Hall–Kier alpha value is -3.18. The van der Waals surface area contributed by atoms with Crippen molar-refractivity contribution in [1.82, 2.24) is 10.3 Å². The van der Waals surface area contributed by atoms with Gasteiger partial charge in [-0.1, -0.05) is 53.8 Å². The van der Waals surface area contributed by atoms with Crippen LogP contribution < -0.4 is 16.4 Å². The first kappa shape index (κ1) is 27.4. The van der Waals surface area contributed by atoms with Crippen LogP contribution in [0.15, 0.2) is 54.6 Å². The van der Waals surface area contributed by atoms with Crippen LogP contribution in [0.5, 0.6) is 5.06 Å². The average molecular weight is 523 g/mol. The summed E-state index contributed by atoms with van der Waals surface area (Å²) in [5.41, 5.74) is 5.02. The highest BCUT2D eigenvalue weighted by atomic mass is 32.1. The van der Waals surface area contributed by atoms with Crippen molar-refractivity contribution in [2.75, 3.05) is 24.7 Å². The average Bonchev–Trinajstić information content (AvgIpc) is 3.18. The van der Waals surface area contributed by atoms with E-state index >= 15 is 0 Å². The molecule has 0 aliphatic rings. The highest BCUT2D eigenvalue weighted by Crippen LogP contribution is 2.34. The van der Waals surface area contributed by atoms with E-state index in [-0.39, 0.29) is 16.4 Å². The van der Waals surface area contributed by atoms with Crippen LogP contribution in [-0.2, 0) is 21.1 Å². The van der Waals surface area contributed by atoms with E-state index in [1.165, 1.54) is 31.4 Å². The molecule has 11 N–H and O–H groups in total. The van der Waals surface area contributed by atoms with E-state index in [1.54, 1.807) is 30.3 Å². The van der Waals surface area contributed by atoms with Gasteiger partial charge in [-0.05, 0) is 17.7 Å². The number of aromatic hydroxyl groups is 1. The molecule has 0 saturated carbocycles. The van der Waals surface area contributed by atoms with Crippen LogP contribution in [-0.4, -0.2) is 66.2 Å². The van der Waals surface area contributed by atoms with Gasteiger partial charge in [-0.3, -0.25) is 10.1 Å². The van der Waals surface area contributed by atoms with Crippen LogP contribution in [0.25, 0.3) is 0 Å². The molecule has 3 aromatic rings. The third-order valence-corrected chi connectivity index (χ3v) is 5.86. The summed E-state index contributed by atoms with van der Waals surface area (Å²) in [5, 5.41) is 75.4. The van der Waals surface area contributed by atoms with Crippen LogP contribution in [0.3, 0.4) is 0 Å². The number of anilines is 2. The second-order valence-electron chi connectivity index (χ2n) is 7.83. The maximum absolute atomic E-state index is 12.3. The number of hydrogen-bond acceptors (Lipinski definition) is 13. The van der Waals surface area contributed by atoms with Gasteiger partial charge in [0.25, 0.3) is 17.6 Å². The molecule has 0 saturated heterocycles. The van der Waals surface area contributed by atoms with Gasteiger partial charge in [0, 0.05) is 18.4 Å². The van der Waals surface area contributed by atoms with Gasteiger partial charge in [0.1, 0.15) is 0 Å². The van der Waals surface area contributed by atoms with Crippen molar-refractivity contribution in [3.63, 3.8) is 0 Å². The fourth-order valence-electron chi connectivity index (χ4n) is 3.31. The zero-order valence-electron chi connectivity index (χ0n) is 18.9. The lowest BCUT2D eigenvalue weighted by atomic mass is 10.0. The van der Waals surface area contributed by atoms with Crippen LogP contribution in [0.4, 0.5) is 10.8 Å². The lowest BCUT2D eigenvalue weighted by Crippen LogP contribution is -2.55. The van der Waals surface area contributed by atoms with Gasteiger partial charge in [0.05, 0.1) is 6.54 Å². The number of methoxy groups -OCH3 is 1. The Kier molecular flexibility index (Phi) is 7.94. The van der Waals surface area contributed by atoms with E-state index in [2.05, 4.69) is 15.6 Å². The van der Waals surface area contributed by atoms with E-state index in [0.29, 0.717) is 16.9 Å². The first-order valence-electron chi connectivity index (χ1n) is 10.3. The van der Waals surface area contributed by atoms with Gasteiger partial charge in [-0.2, -0.15) is 0 Å². The lowest BCUT2D eigenvalue weighted by Gasteiger charge is -2.34. The molecule has 0 spiro atoms. The number of rotatable bonds is 10. The molecule has 2 aromatic carbocycles. The van der Waals surface area contributed by atoms with Gasteiger partial charge < -0.3 is 51.5 Å². The molecule has 194 valence electrons. The minimum Gasteiger partial charge on any atom is -0.498 e. The number of carbonyl (C=O) groups excluding carboxylic acids is 1. The molecule has 0 bridgehead atoms. The molecule has 0 fully saturated rings. The minimum atomic E-state index is -3.19. The monoisotopic (exact) mass is 522 g/mol. The van der Waals surface area contributed by atoms with Crippen molar-refractivity contribution < 1.29 is 45.3 Å². The second kappa shape index (κ2) is 10.4. The number of ether oxygens (including phenoxy) is 1. The highest BCUT2D eigenvalue weighted by Gasteiger charge is 2.42. The Balaban J connectivity index is 1.67. The third-order valence-electron chi connectivity index (χ3n) is 5.18. The Morgan fingerprint density at radius 2 is 1.67 bits per heavy atom. The van der Waals surface area contributed by atoms with E-state index in [9.17, 15) is 40.5 Å². The van der Waals surface area contributed by atoms with Gasteiger partial charge >= 0.3 is 0 Å². The zero-order chi connectivity index (χ0) is 26.7. The molecule has 1 atom stereocenters. The number of nitrogens with two attached hydrogens (primary N) is 1. The normalized spacial score (nSPS) is 13.4. The summed E-state index contributed by atoms with van der Waals surface area (Å²) >= 11 is 0.550. The van der Waals surface area contributed by atoms with Crippen LogP contribution in [0.2, 0.25) is 0 Å². The molecule has 14 heteroatoms. The number of nitrogens with one attached hydrogen (secondary N) is 2. The molecular weight excluding hydrogens is 496 g/mol. The predicted molar refractivity (Wildman–Crippen MR) is 127 cm³/mol. The molecule has 36 heavy (non-hydrogen) atoms. The van der Waals surface area contributed by atoms with Gasteiger partial charge in [-0.25, -0.2) is 4.98 Å². The van der Waals surface area contributed by atoms with Crippen molar-refractivity contribution in [1.29, 1.82) is 0 Å². The number of thiazole rings is 1. The van der Waals surface area contributed by atoms with E-state index in [1.807, 2.05) is 0 Å². The maximum atomic E-state index is 12.3. The summed E-state index contributed by atoms with van der Waals surface area (Å²) in [6.07, 6.45) is -1.25. The first-order chi connectivity index (χ1) is 16.8. The fourth-order valence-corrected chi connectivity index (χ4v) is 3.93. The maximum Gasteiger partial charge on any atom is 0.294 e. The number of nitrogens with zero attached hydrogens (tertiary/aromatic N) is 1. The largest absolute Gasteiger partial charge is 0.498 e. The quantitative estimate of drug-likeness (QED) is 0.144. The van der Waals surface area contributed by atoms with E-state index < -0.39 is 46.8 Å². The van der Waals surface area contributed by atoms with E-state index in [0.717, 1.165) is 0 Å². The molecular formula is C22H26N4O9S. The van der Waals surface area contributed by atoms with Gasteiger partial charge in [0.2, 0.25) is 10.9 Å². The standard InChI is InChI=1S/C22H26N4O9S/c1-35-16(12-5-3-2-4-6-12)22(33,34)24-11-20(29,30)13-7-9-14(10-8-13)25-18(28)21(31,32)15-17(27)36-19(23)26-15/h2-10,16,24,27,29-34H,11H2,1H3,(H2,23,26)(H,25,28). The smallest absolute Gasteiger partial charge is 0.294 e. The van der Waals surface area contributed by atoms with Gasteiger partial charge in [-0.15, -0.1) is 0 Å². The van der Waals surface area contributed by atoms with Crippen molar-refractivity contribution in [3.8, 4) is 5.06 Å². The number of benzene rings is 2. The number of amides is 1. The van der Waals surface area contributed by atoms with Crippen molar-refractivity contribution >= 4 is 28.1 Å². The number of carbonyl (C=O) groups is 1. The SMILES string of the molecule is COC(c1ccccc1)C(O)(O)NCC(O)(O)c1ccc(NC(=O)C(O)(O)c2nc(N)sc2O)cc1. The predicted octanol–water partition coefficient (Wildman–Crippen LogP) is -1.04. The molecule has 13 nitrogen and oxygen atoms in total. The Morgan fingerprint density at radius 1 is 1.06 bits per heavy atom. The van der Waals surface area contributed by atoms with Crippen molar-refractivity contribution in [3.05, 3.63) is 71.4 Å². The summed E-state index contributed by atoms with van der Waals surface area (Å²) in [4.78, 5) is 15.9. The number of hydrogen-bond donors (Lipinski definition) is 10. The number of aliphatic hydroxyl groups is 6. The third kappa shape index (κ3) is 5.96. The molecule has 1 unspecified atom stereocenters. The number of aromatic nitrogens is 1. The molecule has 3 rings (SSSR count). The summed E-state index contributed by atoms with van der Waals surface area (Å²) in [5.74, 6) is -9.80. The fraction of sp³-hybridized carbons (Fsp3) is 0.273. The lowest BCUT2D eigenvalue weighted by molar-refractivity contribution is -0.270. The summed E-state index contributed by atoms with van der Waals surface area (Å²) in [7, 11) is 1.26. The molecule has 1 heterocycles. The Labute approximate surface area is 208 Å². The first-order valence-corrected chi connectivity index (χ1v) is 11.1. The van der Waals surface area contributed by atoms with Gasteiger partial charge in [0.15, 0.2) is 16.9 Å². The van der Waals surface area contributed by atoms with Crippen molar-refractivity contribution in [2.45, 2.75) is 23.6 Å². The van der Waals surface area contributed by atoms with Crippen LogP contribution >= 0.6 is 11.3 Å². The highest BCUT2D eigenvalue weighted by molar-refractivity contribution is 7.17. The Bertz CT molecular complexity index is 1180. The number of nitrogen functional groups attached to an aromatic ring is 1.